The van der Waals surface area contributed by atoms with Crippen LogP contribution in [-0.2, 0) is 0 Å². The van der Waals surface area contributed by atoms with Crippen molar-refractivity contribution in [1.29, 1.82) is 0 Å². The minimum atomic E-state index is -0.562. The minimum Gasteiger partial charge on any atom is -0.497 e. The van der Waals surface area contributed by atoms with Gasteiger partial charge in [-0.05, 0) is 30.7 Å². The molecule has 0 radical (unpaired) electrons. The quantitative estimate of drug-likeness (QED) is 0.667. The summed E-state index contributed by atoms with van der Waals surface area (Å²) in [5.74, 6) is 0.332. The zero-order chi connectivity index (χ0) is 17.0. The summed E-state index contributed by atoms with van der Waals surface area (Å²) in [5.41, 5.74) is 0.935. The normalized spacial score (nSPS) is 11.6. The fourth-order valence-electron chi connectivity index (χ4n) is 2.05. The third-order valence-corrected chi connectivity index (χ3v) is 3.68. The third kappa shape index (κ3) is 3.98. The number of carbonyl (C=O) groups is 1. The van der Waals surface area contributed by atoms with Gasteiger partial charge >= 0.3 is 0 Å². The highest BCUT2D eigenvalue weighted by Crippen LogP contribution is 2.23. The number of nitro groups is 1. The largest absolute Gasteiger partial charge is 0.497 e. The number of hydrogen-bond donors (Lipinski definition) is 1. The first-order chi connectivity index (χ1) is 10.9. The number of nitrogens with one attached hydrogen (secondary N) is 1. The fourth-order valence-corrected chi connectivity index (χ4v) is 2.31. The monoisotopic (exact) mass is 334 g/mol. The molecule has 6 nitrogen and oxygen atoms in total. The van der Waals surface area contributed by atoms with Crippen LogP contribution in [0, 0.1) is 10.1 Å². The van der Waals surface area contributed by atoms with Crippen molar-refractivity contribution < 1.29 is 14.5 Å². The Balaban J connectivity index is 2.12. The van der Waals surface area contributed by atoms with E-state index in [-0.39, 0.29) is 22.3 Å². The van der Waals surface area contributed by atoms with Crippen LogP contribution in [0.5, 0.6) is 5.75 Å². The molecule has 0 bridgehead atoms. The highest BCUT2D eigenvalue weighted by atomic mass is 35.5. The Kier molecular flexibility index (Phi) is 5.18. The van der Waals surface area contributed by atoms with Gasteiger partial charge in [0.15, 0.2) is 0 Å². The van der Waals surface area contributed by atoms with Gasteiger partial charge in [0, 0.05) is 12.1 Å². The number of nitrogens with zero attached hydrogens (tertiary/aromatic N) is 1. The lowest BCUT2D eigenvalue weighted by Gasteiger charge is -2.15. The van der Waals surface area contributed by atoms with E-state index >= 15 is 0 Å². The van der Waals surface area contributed by atoms with Gasteiger partial charge in [0.1, 0.15) is 5.75 Å². The van der Waals surface area contributed by atoms with Crippen LogP contribution in [0.25, 0.3) is 0 Å². The molecular weight excluding hydrogens is 320 g/mol. The van der Waals surface area contributed by atoms with Crippen LogP contribution >= 0.6 is 11.6 Å². The van der Waals surface area contributed by atoms with E-state index in [0.29, 0.717) is 0 Å². The Morgan fingerprint density at radius 1 is 1.26 bits per heavy atom. The van der Waals surface area contributed by atoms with Crippen molar-refractivity contribution in [3.05, 3.63) is 68.7 Å². The average molecular weight is 335 g/mol. The van der Waals surface area contributed by atoms with Crippen LogP contribution in [0.4, 0.5) is 5.69 Å². The second-order valence-corrected chi connectivity index (χ2v) is 5.30. The molecule has 7 heteroatoms. The smallest absolute Gasteiger partial charge is 0.270 e. The molecule has 0 aromatic heterocycles. The third-order valence-electron chi connectivity index (χ3n) is 3.37. The highest BCUT2D eigenvalue weighted by molar-refractivity contribution is 6.34. The molecule has 0 unspecified atom stereocenters. The molecule has 1 N–H and O–H groups in total. The van der Waals surface area contributed by atoms with Crippen LogP contribution < -0.4 is 10.1 Å². The van der Waals surface area contributed by atoms with Crippen LogP contribution in [-0.4, -0.2) is 17.9 Å². The zero-order valence-corrected chi connectivity index (χ0v) is 13.3. The first-order valence-corrected chi connectivity index (χ1v) is 7.19. The van der Waals surface area contributed by atoms with E-state index in [1.54, 1.807) is 19.2 Å². The lowest BCUT2D eigenvalue weighted by molar-refractivity contribution is -0.384. The first kappa shape index (κ1) is 16.8. The second-order valence-electron chi connectivity index (χ2n) is 4.89. The Hall–Kier alpha value is -2.60. The summed E-state index contributed by atoms with van der Waals surface area (Å²) in [6, 6.07) is 10.8. The van der Waals surface area contributed by atoms with E-state index in [1.165, 1.54) is 12.1 Å². The van der Waals surface area contributed by atoms with Gasteiger partial charge in [-0.1, -0.05) is 23.7 Å². The molecule has 0 aliphatic carbocycles. The number of hydrogen-bond acceptors (Lipinski definition) is 4. The molecule has 0 aliphatic heterocycles. The topological polar surface area (TPSA) is 81.5 Å². The Bertz CT molecular complexity index is 731. The van der Waals surface area contributed by atoms with E-state index in [9.17, 15) is 14.9 Å². The molecular formula is C16H15ClN2O4. The van der Waals surface area contributed by atoms with E-state index in [1.807, 2.05) is 19.1 Å². The van der Waals surface area contributed by atoms with Crippen LogP contribution in [0.1, 0.15) is 28.9 Å². The molecule has 2 aromatic carbocycles. The molecule has 2 rings (SSSR count). The van der Waals surface area contributed by atoms with Gasteiger partial charge in [-0.25, -0.2) is 0 Å². The number of rotatable bonds is 5. The number of non-ortho nitro benzene ring substituents is 1. The Morgan fingerprint density at radius 3 is 2.43 bits per heavy atom. The molecule has 0 fully saturated rings. The molecule has 0 heterocycles. The lowest BCUT2D eigenvalue weighted by Crippen LogP contribution is -2.26. The summed E-state index contributed by atoms with van der Waals surface area (Å²) in [6.07, 6.45) is 0. The minimum absolute atomic E-state index is 0.0404. The maximum atomic E-state index is 12.3. The molecule has 0 spiro atoms. The maximum Gasteiger partial charge on any atom is 0.270 e. The molecule has 0 saturated heterocycles. The Labute approximate surface area is 138 Å². The highest BCUT2D eigenvalue weighted by Gasteiger charge is 2.17. The van der Waals surface area contributed by atoms with Crippen molar-refractivity contribution in [2.45, 2.75) is 13.0 Å². The van der Waals surface area contributed by atoms with Gasteiger partial charge in [0.05, 0.1) is 28.7 Å². The number of benzene rings is 2. The van der Waals surface area contributed by atoms with Gasteiger partial charge in [-0.2, -0.15) is 0 Å². The van der Waals surface area contributed by atoms with Crippen molar-refractivity contribution in [1.82, 2.24) is 5.32 Å². The molecule has 0 aliphatic rings. The van der Waals surface area contributed by atoms with Crippen LogP contribution in [0.2, 0.25) is 5.02 Å². The zero-order valence-electron chi connectivity index (χ0n) is 12.6. The molecule has 0 saturated carbocycles. The summed E-state index contributed by atoms with van der Waals surface area (Å²) in [5, 5.41) is 13.5. The van der Waals surface area contributed by atoms with Crippen molar-refractivity contribution in [2.24, 2.45) is 0 Å². The predicted octanol–water partition coefficient (Wildman–Crippen LogP) is 3.75. The van der Waals surface area contributed by atoms with Crippen LogP contribution in [0.15, 0.2) is 42.5 Å². The summed E-state index contributed by atoms with van der Waals surface area (Å²) in [4.78, 5) is 22.4. The summed E-state index contributed by atoms with van der Waals surface area (Å²) < 4.78 is 5.09. The standard InChI is InChI=1S/C16H15ClN2O4/c1-10(11-3-6-13(23-2)7-4-11)18-16(20)14-8-5-12(19(21)22)9-15(14)17/h3-10H,1-2H3,(H,18,20)/t10-/m1/s1. The van der Waals surface area contributed by atoms with Gasteiger partial charge in [-0.15, -0.1) is 0 Å². The van der Waals surface area contributed by atoms with Crippen molar-refractivity contribution in [3.63, 3.8) is 0 Å². The van der Waals surface area contributed by atoms with E-state index < -0.39 is 10.8 Å². The second kappa shape index (κ2) is 7.11. The van der Waals surface area contributed by atoms with Crippen LogP contribution in [0.3, 0.4) is 0 Å². The molecule has 1 amide bonds. The number of carbonyl (C=O) groups excluding carboxylic acids is 1. The van der Waals surface area contributed by atoms with E-state index in [2.05, 4.69) is 5.32 Å². The molecule has 1 atom stereocenters. The van der Waals surface area contributed by atoms with Gasteiger partial charge in [0.25, 0.3) is 11.6 Å². The lowest BCUT2D eigenvalue weighted by atomic mass is 10.1. The predicted molar refractivity (Wildman–Crippen MR) is 87.0 cm³/mol. The first-order valence-electron chi connectivity index (χ1n) is 6.81. The molecule has 2 aromatic rings. The van der Waals surface area contributed by atoms with E-state index in [4.69, 9.17) is 16.3 Å². The fraction of sp³-hybridized carbons (Fsp3) is 0.188. The summed E-state index contributed by atoms with van der Waals surface area (Å²) in [6.45, 7) is 1.83. The van der Waals surface area contributed by atoms with Gasteiger partial charge in [0.2, 0.25) is 0 Å². The summed E-state index contributed by atoms with van der Waals surface area (Å²) >= 11 is 5.96. The van der Waals surface area contributed by atoms with Crippen molar-refractivity contribution >= 4 is 23.2 Å². The van der Waals surface area contributed by atoms with E-state index in [0.717, 1.165) is 17.4 Å². The molecule has 23 heavy (non-hydrogen) atoms. The number of nitro benzene ring substituents is 1. The van der Waals surface area contributed by atoms with Gasteiger partial charge < -0.3 is 10.1 Å². The SMILES string of the molecule is COc1ccc([C@@H](C)NC(=O)c2ccc([N+](=O)[O-])cc2Cl)cc1. The summed E-state index contributed by atoms with van der Waals surface area (Å²) in [7, 11) is 1.58. The average Bonchev–Trinajstić information content (AvgIpc) is 2.54. The number of amides is 1. The maximum absolute atomic E-state index is 12.3. The number of ether oxygens (including phenoxy) is 1. The number of methoxy groups -OCH3 is 1. The van der Waals surface area contributed by atoms with Gasteiger partial charge in [-0.3, -0.25) is 14.9 Å². The number of halogens is 1. The van der Waals surface area contributed by atoms with Crippen molar-refractivity contribution in [3.8, 4) is 5.75 Å². The Morgan fingerprint density at radius 2 is 1.91 bits per heavy atom. The van der Waals surface area contributed by atoms with Crippen molar-refractivity contribution in [2.75, 3.05) is 7.11 Å². The molecule has 120 valence electrons.